The van der Waals surface area contributed by atoms with E-state index >= 15 is 0 Å². The number of aryl methyl sites for hydroxylation is 1. The van der Waals surface area contributed by atoms with E-state index in [-0.39, 0.29) is 0 Å². The van der Waals surface area contributed by atoms with Gasteiger partial charge in [0, 0.05) is 11.0 Å². The van der Waals surface area contributed by atoms with Gasteiger partial charge in [-0.1, -0.05) is 52.6 Å². The molecule has 0 saturated carbocycles. The summed E-state index contributed by atoms with van der Waals surface area (Å²) in [6, 6.07) is 7.69. The van der Waals surface area contributed by atoms with E-state index in [1.165, 1.54) is 37.9 Å². The lowest BCUT2D eigenvalue weighted by Gasteiger charge is -2.07. The Morgan fingerprint density at radius 3 is 2.82 bits per heavy atom. The Kier molecular flexibility index (Phi) is 5.59. The van der Waals surface area contributed by atoms with Gasteiger partial charge in [-0.3, -0.25) is 0 Å². The van der Waals surface area contributed by atoms with Crippen LogP contribution in [0.1, 0.15) is 37.7 Å². The molecule has 1 aliphatic heterocycles. The van der Waals surface area contributed by atoms with Crippen LogP contribution in [0.2, 0.25) is 0 Å². The van der Waals surface area contributed by atoms with Crippen molar-refractivity contribution in [3.63, 3.8) is 0 Å². The van der Waals surface area contributed by atoms with E-state index in [9.17, 15) is 5.11 Å². The second-order valence-electron chi connectivity index (χ2n) is 4.56. The van der Waals surface area contributed by atoms with Gasteiger partial charge in [0.15, 0.2) is 0 Å². The maximum atomic E-state index is 9.63. The van der Waals surface area contributed by atoms with E-state index in [4.69, 9.17) is 0 Å². The maximum Gasteiger partial charge on any atom is 0.118 e. The van der Waals surface area contributed by atoms with Gasteiger partial charge in [0.05, 0.1) is 0 Å². The molecule has 1 aromatic rings. The van der Waals surface area contributed by atoms with E-state index in [0.717, 1.165) is 17.2 Å². The summed E-state index contributed by atoms with van der Waals surface area (Å²) in [6.45, 7) is 0. The van der Waals surface area contributed by atoms with Gasteiger partial charge in [0.1, 0.15) is 5.75 Å². The molecule has 2 rings (SSSR count). The molecule has 1 nitrogen and oxygen atoms in total. The van der Waals surface area contributed by atoms with Crippen molar-refractivity contribution in [2.75, 3.05) is 5.75 Å². The predicted molar refractivity (Wildman–Crippen MR) is 78.7 cm³/mol. The van der Waals surface area contributed by atoms with Crippen molar-refractivity contribution in [1.82, 2.24) is 0 Å². The molecule has 0 amide bonds. The van der Waals surface area contributed by atoms with Crippen LogP contribution in [-0.2, 0) is 6.42 Å². The molecule has 1 fully saturated rings. The Hall–Kier alpha value is -0.280. The lowest BCUT2D eigenvalue weighted by molar-refractivity contribution is 0.466. The number of phenolic OH excluding ortho intramolecular Hbond substituents is 1. The number of hydrogen-bond acceptors (Lipinski definition) is 3. The zero-order valence-corrected chi connectivity index (χ0v) is 11.7. The van der Waals surface area contributed by atoms with Crippen LogP contribution < -0.4 is 0 Å². The van der Waals surface area contributed by atoms with Crippen LogP contribution in [0.5, 0.6) is 5.75 Å². The van der Waals surface area contributed by atoms with E-state index in [1.54, 1.807) is 6.07 Å². The molecule has 1 aromatic carbocycles. The lowest BCUT2D eigenvalue weighted by atomic mass is 10.0. The fraction of sp³-hybridized carbons (Fsp3) is 0.571. The number of hydrogen-bond donors (Lipinski definition) is 1. The molecule has 1 unspecified atom stereocenters. The average molecular weight is 268 g/mol. The number of unbranched alkanes of at least 4 members (excludes halogenated alkanes) is 2. The topological polar surface area (TPSA) is 20.2 Å². The number of rotatable bonds is 6. The molecule has 0 spiro atoms. The molecule has 1 saturated heterocycles. The molecule has 0 aliphatic carbocycles. The molecule has 0 bridgehead atoms. The van der Waals surface area contributed by atoms with Crippen molar-refractivity contribution >= 4 is 21.6 Å². The van der Waals surface area contributed by atoms with E-state index < -0.39 is 0 Å². The highest BCUT2D eigenvalue weighted by atomic mass is 33.1. The van der Waals surface area contributed by atoms with Crippen LogP contribution in [0.15, 0.2) is 24.3 Å². The summed E-state index contributed by atoms with van der Waals surface area (Å²) in [5, 5.41) is 10.5. The number of phenols is 1. The van der Waals surface area contributed by atoms with Gasteiger partial charge < -0.3 is 5.11 Å². The number of aromatic hydroxyl groups is 1. The summed E-state index contributed by atoms with van der Waals surface area (Å²) in [5.41, 5.74) is 1.10. The highest BCUT2D eigenvalue weighted by molar-refractivity contribution is 8.77. The summed E-state index contributed by atoms with van der Waals surface area (Å²) in [4.78, 5) is 0. The normalized spacial score (nSPS) is 19.6. The van der Waals surface area contributed by atoms with Crippen LogP contribution in [0.25, 0.3) is 0 Å². The fourth-order valence-electron chi connectivity index (χ4n) is 2.15. The summed E-state index contributed by atoms with van der Waals surface area (Å²) in [7, 11) is 4.10. The summed E-state index contributed by atoms with van der Waals surface area (Å²) < 4.78 is 0. The third-order valence-corrected chi connectivity index (χ3v) is 6.20. The van der Waals surface area contributed by atoms with Crippen LogP contribution in [-0.4, -0.2) is 16.1 Å². The van der Waals surface area contributed by atoms with Gasteiger partial charge in [0.2, 0.25) is 0 Å². The SMILES string of the molecule is Oc1ccccc1CCCCCC1CCSS1. The highest BCUT2D eigenvalue weighted by Gasteiger charge is 2.15. The summed E-state index contributed by atoms with van der Waals surface area (Å²) >= 11 is 0. The Balaban J connectivity index is 1.58. The largest absolute Gasteiger partial charge is 0.508 e. The van der Waals surface area contributed by atoms with Crippen LogP contribution in [0.4, 0.5) is 0 Å². The van der Waals surface area contributed by atoms with E-state index in [0.29, 0.717) is 5.75 Å². The number of para-hydroxylation sites is 1. The smallest absolute Gasteiger partial charge is 0.118 e. The van der Waals surface area contributed by atoms with Crippen molar-refractivity contribution < 1.29 is 5.11 Å². The molecule has 0 aromatic heterocycles. The van der Waals surface area contributed by atoms with Crippen molar-refractivity contribution in [2.45, 2.75) is 43.8 Å². The first kappa shape index (κ1) is 13.2. The first-order chi connectivity index (χ1) is 8.36. The first-order valence-electron chi connectivity index (χ1n) is 6.41. The average Bonchev–Trinajstić information content (AvgIpc) is 2.84. The van der Waals surface area contributed by atoms with Gasteiger partial charge in [-0.15, -0.1) is 0 Å². The van der Waals surface area contributed by atoms with Gasteiger partial charge >= 0.3 is 0 Å². The molecule has 0 radical (unpaired) electrons. The Morgan fingerprint density at radius 2 is 2.06 bits per heavy atom. The fourth-order valence-corrected chi connectivity index (χ4v) is 5.18. The van der Waals surface area contributed by atoms with Crippen LogP contribution in [0, 0.1) is 0 Å². The standard InChI is InChI=1S/C14H20OS2/c15-14-9-5-4-7-12(14)6-2-1-3-8-13-10-11-16-17-13/h4-5,7,9,13,15H,1-3,6,8,10-11H2. The third kappa shape index (κ3) is 4.47. The van der Waals surface area contributed by atoms with Crippen molar-refractivity contribution in [3.05, 3.63) is 29.8 Å². The summed E-state index contributed by atoms with van der Waals surface area (Å²) in [6.07, 6.45) is 7.61. The van der Waals surface area contributed by atoms with E-state index in [2.05, 4.69) is 10.8 Å². The molecule has 1 aliphatic rings. The van der Waals surface area contributed by atoms with Crippen LogP contribution >= 0.6 is 21.6 Å². The molecular formula is C14H20OS2. The minimum atomic E-state index is 0.454. The molecule has 17 heavy (non-hydrogen) atoms. The maximum absolute atomic E-state index is 9.63. The zero-order valence-electron chi connectivity index (χ0n) is 10.1. The lowest BCUT2D eigenvalue weighted by Crippen LogP contribution is -1.97. The van der Waals surface area contributed by atoms with Gasteiger partial charge in [0.25, 0.3) is 0 Å². The quantitative estimate of drug-likeness (QED) is 0.599. The molecular weight excluding hydrogens is 248 g/mol. The van der Waals surface area contributed by atoms with Crippen LogP contribution in [0.3, 0.4) is 0 Å². The highest BCUT2D eigenvalue weighted by Crippen LogP contribution is 2.39. The molecule has 1 N–H and O–H groups in total. The predicted octanol–water partition coefficient (Wildman–Crippen LogP) is 4.65. The van der Waals surface area contributed by atoms with Gasteiger partial charge in [-0.05, 0) is 37.3 Å². The van der Waals surface area contributed by atoms with Gasteiger partial charge in [-0.25, -0.2) is 0 Å². The third-order valence-electron chi connectivity index (χ3n) is 3.19. The first-order valence-corrected chi connectivity index (χ1v) is 8.79. The Morgan fingerprint density at radius 1 is 1.18 bits per heavy atom. The number of benzene rings is 1. The molecule has 1 atom stereocenters. The second kappa shape index (κ2) is 7.22. The Labute approximate surface area is 112 Å². The molecule has 94 valence electrons. The monoisotopic (exact) mass is 268 g/mol. The van der Waals surface area contributed by atoms with E-state index in [1.807, 2.05) is 29.0 Å². The molecule has 1 heterocycles. The second-order valence-corrected chi connectivity index (χ2v) is 7.34. The summed E-state index contributed by atoms with van der Waals surface area (Å²) in [5.74, 6) is 1.79. The van der Waals surface area contributed by atoms with Crippen molar-refractivity contribution in [1.29, 1.82) is 0 Å². The molecule has 3 heteroatoms. The minimum Gasteiger partial charge on any atom is -0.508 e. The Bertz CT molecular complexity index is 335. The minimum absolute atomic E-state index is 0.454. The zero-order chi connectivity index (χ0) is 11.9. The van der Waals surface area contributed by atoms with Crippen molar-refractivity contribution in [2.24, 2.45) is 0 Å². The van der Waals surface area contributed by atoms with Crippen molar-refractivity contribution in [3.8, 4) is 5.75 Å². The van der Waals surface area contributed by atoms with Gasteiger partial charge in [-0.2, -0.15) is 0 Å².